The average Bonchev–Trinajstić information content (AvgIpc) is 3.14. The number of imidazole rings is 1. The number of nitrogens with one attached hydrogen (secondary N) is 1. The molecule has 4 heterocycles. The number of pyridine rings is 1. The molecule has 0 spiro atoms. The molecular weight excluding hydrogens is 423 g/mol. The first kappa shape index (κ1) is 20.8. The number of anilines is 1. The third-order valence-corrected chi connectivity index (χ3v) is 5.95. The van der Waals surface area contributed by atoms with E-state index in [1.807, 2.05) is 6.07 Å². The van der Waals surface area contributed by atoms with Gasteiger partial charge in [0.15, 0.2) is 6.61 Å². The molecule has 1 amide bonds. The minimum atomic E-state index is -4.45. The molecule has 10 heteroatoms. The Morgan fingerprint density at radius 1 is 1.16 bits per heavy atom. The van der Waals surface area contributed by atoms with Crippen LogP contribution in [0.1, 0.15) is 11.3 Å². The van der Waals surface area contributed by atoms with Gasteiger partial charge in [0, 0.05) is 51.5 Å². The molecule has 2 aromatic heterocycles. The SMILES string of the molecule is CN1C(=O)COc2ccc(-c3nc4ccc(C(F)(F)F)cn4c3CN3CCNCC3)cc21. The van der Waals surface area contributed by atoms with Gasteiger partial charge in [-0.05, 0) is 30.3 Å². The zero-order chi connectivity index (χ0) is 22.5. The molecule has 0 radical (unpaired) electrons. The van der Waals surface area contributed by atoms with Crippen molar-refractivity contribution in [3.05, 3.63) is 47.8 Å². The molecule has 1 N–H and O–H groups in total. The van der Waals surface area contributed by atoms with Crippen LogP contribution in [0.5, 0.6) is 5.75 Å². The smallest absolute Gasteiger partial charge is 0.417 e. The number of ether oxygens (including phenoxy) is 1. The highest BCUT2D eigenvalue weighted by atomic mass is 19.4. The lowest BCUT2D eigenvalue weighted by atomic mass is 10.1. The number of hydrogen-bond acceptors (Lipinski definition) is 5. The molecule has 1 aromatic carbocycles. The quantitative estimate of drug-likeness (QED) is 0.672. The highest BCUT2D eigenvalue weighted by Gasteiger charge is 2.32. The molecule has 0 bridgehead atoms. The van der Waals surface area contributed by atoms with Crippen LogP contribution in [0, 0.1) is 0 Å². The van der Waals surface area contributed by atoms with Gasteiger partial charge in [0.25, 0.3) is 5.91 Å². The maximum Gasteiger partial charge on any atom is 0.417 e. The molecule has 1 saturated heterocycles. The van der Waals surface area contributed by atoms with Gasteiger partial charge >= 0.3 is 6.18 Å². The fourth-order valence-corrected chi connectivity index (χ4v) is 4.14. The van der Waals surface area contributed by atoms with Gasteiger partial charge in [0.05, 0.1) is 22.6 Å². The normalized spacial score (nSPS) is 17.5. The second-order valence-corrected chi connectivity index (χ2v) is 8.00. The Kier molecular flexibility index (Phi) is 5.06. The number of aromatic nitrogens is 2. The lowest BCUT2D eigenvalue weighted by Crippen LogP contribution is -2.43. The molecule has 0 aliphatic carbocycles. The molecule has 2 aliphatic rings. The van der Waals surface area contributed by atoms with Crippen LogP contribution >= 0.6 is 0 Å². The summed E-state index contributed by atoms with van der Waals surface area (Å²) in [6.45, 7) is 3.67. The van der Waals surface area contributed by atoms with Gasteiger partial charge in [-0.25, -0.2) is 4.98 Å². The minimum Gasteiger partial charge on any atom is -0.482 e. The number of piperazine rings is 1. The minimum absolute atomic E-state index is 0.0221. The predicted molar refractivity (Wildman–Crippen MR) is 113 cm³/mol. The van der Waals surface area contributed by atoms with E-state index in [9.17, 15) is 18.0 Å². The summed E-state index contributed by atoms with van der Waals surface area (Å²) in [5, 5.41) is 3.29. The standard InChI is InChI=1S/C22H22F3N5O2/c1-28-16-10-14(2-4-18(16)32-13-20(28)31)21-17(12-29-8-6-26-7-9-29)30-11-15(22(23,24)25)3-5-19(30)27-21/h2-5,10-11,26H,6-9,12-13H2,1H3. The largest absolute Gasteiger partial charge is 0.482 e. The van der Waals surface area contributed by atoms with Crippen LogP contribution in [0.3, 0.4) is 0 Å². The van der Waals surface area contributed by atoms with Crippen molar-refractivity contribution in [2.45, 2.75) is 12.7 Å². The van der Waals surface area contributed by atoms with E-state index < -0.39 is 11.7 Å². The third kappa shape index (κ3) is 3.69. The number of fused-ring (bicyclic) bond motifs is 2. The van der Waals surface area contributed by atoms with Crippen molar-refractivity contribution in [3.8, 4) is 17.0 Å². The van der Waals surface area contributed by atoms with Crippen molar-refractivity contribution in [1.82, 2.24) is 19.6 Å². The first-order valence-electron chi connectivity index (χ1n) is 10.4. The molecule has 2 aliphatic heterocycles. The number of alkyl halides is 3. The van der Waals surface area contributed by atoms with Crippen LogP contribution in [0.2, 0.25) is 0 Å². The van der Waals surface area contributed by atoms with Crippen molar-refractivity contribution in [2.75, 3.05) is 44.7 Å². The van der Waals surface area contributed by atoms with Crippen molar-refractivity contribution in [2.24, 2.45) is 0 Å². The second-order valence-electron chi connectivity index (χ2n) is 8.00. The molecule has 0 saturated carbocycles. The zero-order valence-electron chi connectivity index (χ0n) is 17.4. The van der Waals surface area contributed by atoms with Gasteiger partial charge in [-0.1, -0.05) is 0 Å². The fourth-order valence-electron chi connectivity index (χ4n) is 4.14. The molecular formula is C22H22F3N5O2. The number of likely N-dealkylation sites (N-methyl/N-ethyl adjacent to an activating group) is 1. The van der Waals surface area contributed by atoms with Crippen LogP contribution in [-0.4, -0.2) is 60.0 Å². The van der Waals surface area contributed by atoms with Crippen molar-refractivity contribution < 1.29 is 22.7 Å². The number of hydrogen-bond donors (Lipinski definition) is 1. The van der Waals surface area contributed by atoms with Crippen LogP contribution in [0.25, 0.3) is 16.9 Å². The molecule has 5 rings (SSSR count). The number of benzene rings is 1. The second kappa shape index (κ2) is 7.79. The number of rotatable bonds is 3. The zero-order valence-corrected chi connectivity index (χ0v) is 17.4. The van der Waals surface area contributed by atoms with Gasteiger partial charge in [0.1, 0.15) is 11.4 Å². The van der Waals surface area contributed by atoms with Gasteiger partial charge in [-0.3, -0.25) is 9.69 Å². The van der Waals surface area contributed by atoms with Gasteiger partial charge in [-0.15, -0.1) is 0 Å². The van der Waals surface area contributed by atoms with Crippen LogP contribution < -0.4 is 15.0 Å². The Balaban J connectivity index is 1.65. The Labute approximate surface area is 182 Å². The molecule has 32 heavy (non-hydrogen) atoms. The summed E-state index contributed by atoms with van der Waals surface area (Å²) in [6, 6.07) is 7.85. The molecule has 7 nitrogen and oxygen atoms in total. The van der Waals surface area contributed by atoms with E-state index in [2.05, 4.69) is 15.2 Å². The monoisotopic (exact) mass is 445 g/mol. The number of carbonyl (C=O) groups is 1. The summed E-state index contributed by atoms with van der Waals surface area (Å²) in [5.74, 6) is 0.420. The molecule has 168 valence electrons. The van der Waals surface area contributed by atoms with Crippen molar-refractivity contribution >= 4 is 17.2 Å². The topological polar surface area (TPSA) is 62.1 Å². The van der Waals surface area contributed by atoms with Gasteiger partial charge in [-0.2, -0.15) is 13.2 Å². The number of amides is 1. The molecule has 1 fully saturated rings. The summed E-state index contributed by atoms with van der Waals surface area (Å²) in [5.41, 5.74) is 2.32. The van der Waals surface area contributed by atoms with Gasteiger partial charge < -0.3 is 19.4 Å². The maximum atomic E-state index is 13.4. The van der Waals surface area contributed by atoms with E-state index >= 15 is 0 Å². The Bertz CT molecular complexity index is 1180. The van der Waals surface area contributed by atoms with Crippen LogP contribution in [-0.2, 0) is 17.5 Å². The summed E-state index contributed by atoms with van der Waals surface area (Å²) in [4.78, 5) is 20.5. The maximum absolute atomic E-state index is 13.4. The number of carbonyl (C=O) groups excluding carboxylic acids is 1. The van der Waals surface area contributed by atoms with E-state index in [1.165, 1.54) is 15.4 Å². The van der Waals surface area contributed by atoms with E-state index in [-0.39, 0.29) is 12.5 Å². The van der Waals surface area contributed by atoms with E-state index in [1.54, 1.807) is 19.2 Å². The van der Waals surface area contributed by atoms with E-state index in [0.29, 0.717) is 35.0 Å². The summed E-state index contributed by atoms with van der Waals surface area (Å²) < 4.78 is 47.2. The van der Waals surface area contributed by atoms with Crippen molar-refractivity contribution in [3.63, 3.8) is 0 Å². The molecule has 3 aromatic rings. The van der Waals surface area contributed by atoms with E-state index in [4.69, 9.17) is 4.74 Å². The highest BCUT2D eigenvalue weighted by molar-refractivity contribution is 5.98. The Morgan fingerprint density at radius 3 is 2.69 bits per heavy atom. The number of nitrogens with zero attached hydrogens (tertiary/aromatic N) is 4. The van der Waals surface area contributed by atoms with Crippen LogP contribution in [0.4, 0.5) is 18.9 Å². The highest BCUT2D eigenvalue weighted by Crippen LogP contribution is 2.37. The summed E-state index contributed by atoms with van der Waals surface area (Å²) >= 11 is 0. The van der Waals surface area contributed by atoms with Crippen LogP contribution in [0.15, 0.2) is 36.5 Å². The first-order chi connectivity index (χ1) is 15.3. The average molecular weight is 445 g/mol. The third-order valence-electron chi connectivity index (χ3n) is 5.95. The molecule has 0 atom stereocenters. The van der Waals surface area contributed by atoms with Gasteiger partial charge in [0.2, 0.25) is 0 Å². The van der Waals surface area contributed by atoms with Crippen molar-refractivity contribution in [1.29, 1.82) is 0 Å². The lowest BCUT2D eigenvalue weighted by Gasteiger charge is -2.28. The summed E-state index contributed by atoms with van der Waals surface area (Å²) in [7, 11) is 1.67. The molecule has 0 unspecified atom stereocenters. The predicted octanol–water partition coefficient (Wildman–Crippen LogP) is 2.78. The number of halogens is 3. The Morgan fingerprint density at radius 2 is 1.94 bits per heavy atom. The first-order valence-corrected chi connectivity index (χ1v) is 10.4. The Hall–Kier alpha value is -3.11. The lowest BCUT2D eigenvalue weighted by molar-refractivity contribution is -0.137. The fraction of sp³-hybridized carbons (Fsp3) is 0.364. The summed E-state index contributed by atoms with van der Waals surface area (Å²) in [6.07, 6.45) is -3.34. The van der Waals surface area contributed by atoms with E-state index in [0.717, 1.165) is 44.0 Å².